The molecule has 9 nitrogen and oxygen atoms in total. The number of hydrogen-bond acceptors (Lipinski definition) is 7. The predicted molar refractivity (Wildman–Crippen MR) is 133 cm³/mol. The average molecular weight is 488 g/mol. The van der Waals surface area contributed by atoms with E-state index in [1.165, 1.54) is 4.68 Å². The summed E-state index contributed by atoms with van der Waals surface area (Å²) in [6.07, 6.45) is 2.31. The number of carbonyl (C=O) groups excluding carboxylic acids is 1. The van der Waals surface area contributed by atoms with Gasteiger partial charge in [-0.1, -0.05) is 40.7 Å². The quantitative estimate of drug-likeness (QED) is 0.425. The Morgan fingerprint density at radius 1 is 1.03 bits per heavy atom. The third kappa shape index (κ3) is 5.16. The summed E-state index contributed by atoms with van der Waals surface area (Å²) in [6, 6.07) is 14.5. The zero-order chi connectivity index (χ0) is 25.1. The molecular formula is C27H29N5O4. The van der Waals surface area contributed by atoms with Crippen molar-refractivity contribution in [3.05, 3.63) is 82.5 Å². The zero-order valence-corrected chi connectivity index (χ0v) is 20.7. The number of amides is 1. The normalized spacial score (nSPS) is 14.6. The van der Waals surface area contributed by atoms with Crippen molar-refractivity contribution in [2.75, 3.05) is 26.4 Å². The van der Waals surface area contributed by atoms with Crippen molar-refractivity contribution in [2.24, 2.45) is 7.05 Å². The second-order valence-corrected chi connectivity index (χ2v) is 8.98. The number of rotatable bonds is 2. The van der Waals surface area contributed by atoms with Gasteiger partial charge in [-0.25, -0.2) is 0 Å². The molecule has 0 saturated heterocycles. The van der Waals surface area contributed by atoms with E-state index < -0.39 is 0 Å². The fourth-order valence-corrected chi connectivity index (χ4v) is 4.53. The van der Waals surface area contributed by atoms with Crippen molar-refractivity contribution >= 4 is 5.91 Å². The summed E-state index contributed by atoms with van der Waals surface area (Å²) in [4.78, 5) is 14.9. The summed E-state index contributed by atoms with van der Waals surface area (Å²) in [5, 5.41) is 12.0. The van der Waals surface area contributed by atoms with Crippen molar-refractivity contribution in [1.29, 1.82) is 0 Å². The number of benzene rings is 2. The molecule has 0 aliphatic carbocycles. The minimum absolute atomic E-state index is 0.171. The van der Waals surface area contributed by atoms with Crippen LogP contribution in [0.5, 0.6) is 5.75 Å². The molecule has 2 aromatic carbocycles. The second kappa shape index (κ2) is 10.3. The third-order valence-corrected chi connectivity index (χ3v) is 6.24. The Labute approximate surface area is 209 Å². The molecule has 1 aliphatic heterocycles. The van der Waals surface area contributed by atoms with E-state index in [1.807, 2.05) is 38.1 Å². The molecule has 5 rings (SSSR count). The van der Waals surface area contributed by atoms with E-state index in [9.17, 15) is 4.79 Å². The lowest BCUT2D eigenvalue weighted by atomic mass is 9.96. The number of carbonyl (C=O) groups is 1. The van der Waals surface area contributed by atoms with Gasteiger partial charge in [0.05, 0.1) is 25.1 Å². The average Bonchev–Trinajstić information content (AvgIpc) is 3.45. The molecule has 0 fully saturated rings. The molecule has 1 aliphatic rings. The van der Waals surface area contributed by atoms with Crippen LogP contribution in [0.1, 0.15) is 38.6 Å². The Balaban J connectivity index is 1.46. The van der Waals surface area contributed by atoms with Gasteiger partial charge < -0.3 is 18.9 Å². The highest BCUT2D eigenvalue weighted by atomic mass is 16.5. The molecule has 1 amide bonds. The Kier molecular flexibility index (Phi) is 6.81. The lowest BCUT2D eigenvalue weighted by molar-refractivity contribution is 0.0567. The first-order chi connectivity index (χ1) is 17.5. The minimum Gasteiger partial charge on any atom is -0.491 e. The number of fused-ring (bicyclic) bond motifs is 3. The van der Waals surface area contributed by atoms with Gasteiger partial charge >= 0.3 is 0 Å². The first kappa shape index (κ1) is 23.7. The minimum atomic E-state index is -0.171. The molecule has 2 aromatic heterocycles. The molecule has 2 bridgehead atoms. The van der Waals surface area contributed by atoms with Crippen LogP contribution in [0.15, 0.2) is 53.2 Å². The van der Waals surface area contributed by atoms with E-state index in [1.54, 1.807) is 18.1 Å². The molecule has 3 heterocycles. The van der Waals surface area contributed by atoms with Gasteiger partial charge in [0.15, 0.2) is 5.69 Å². The molecule has 0 N–H and O–H groups in total. The van der Waals surface area contributed by atoms with Crippen LogP contribution >= 0.6 is 0 Å². The van der Waals surface area contributed by atoms with E-state index in [-0.39, 0.29) is 5.91 Å². The van der Waals surface area contributed by atoms with Crippen LogP contribution in [0.4, 0.5) is 0 Å². The summed E-state index contributed by atoms with van der Waals surface area (Å²) in [5.41, 5.74) is 6.46. The summed E-state index contributed by atoms with van der Waals surface area (Å²) in [7, 11) is 1.74. The van der Waals surface area contributed by atoms with Crippen LogP contribution < -0.4 is 4.74 Å². The Hall–Kier alpha value is -3.98. The molecule has 4 aromatic rings. The Morgan fingerprint density at radius 2 is 1.89 bits per heavy atom. The lowest BCUT2D eigenvalue weighted by Crippen LogP contribution is -2.34. The molecule has 9 heteroatoms. The first-order valence-electron chi connectivity index (χ1n) is 12.0. The van der Waals surface area contributed by atoms with E-state index >= 15 is 0 Å². The second-order valence-electron chi connectivity index (χ2n) is 8.98. The molecule has 0 saturated carbocycles. The standard InChI is InChI=1S/C27H29N5O4/c1-18-26(19(2)36-29-18)22-7-8-25-23(15-22)14-20-5-4-6-21(13-20)16-32(9-10-34-11-12-35-25)27(33)24-17-31(3)30-28-24/h4-8,13,15,17H,9-12,14,16H2,1-3H3. The van der Waals surface area contributed by atoms with Gasteiger partial charge in [-0.05, 0) is 48.2 Å². The highest BCUT2D eigenvalue weighted by Crippen LogP contribution is 2.32. The van der Waals surface area contributed by atoms with Crippen molar-refractivity contribution in [1.82, 2.24) is 25.1 Å². The molecule has 0 unspecified atom stereocenters. The Morgan fingerprint density at radius 3 is 2.67 bits per heavy atom. The van der Waals surface area contributed by atoms with Crippen LogP contribution in [0.3, 0.4) is 0 Å². The molecule has 0 radical (unpaired) electrons. The number of nitrogens with zero attached hydrogens (tertiary/aromatic N) is 5. The van der Waals surface area contributed by atoms with Gasteiger partial charge in [0.1, 0.15) is 18.1 Å². The van der Waals surface area contributed by atoms with Crippen molar-refractivity contribution < 1.29 is 18.8 Å². The number of aryl methyl sites for hydroxylation is 3. The lowest BCUT2D eigenvalue weighted by Gasteiger charge is -2.23. The van der Waals surface area contributed by atoms with Crippen molar-refractivity contribution in [3.8, 4) is 16.9 Å². The maximum atomic E-state index is 13.1. The fraction of sp³-hybridized carbons (Fsp3) is 0.333. The first-order valence-corrected chi connectivity index (χ1v) is 12.0. The Bertz CT molecular complexity index is 1360. The molecule has 0 spiro atoms. The molecule has 186 valence electrons. The third-order valence-electron chi connectivity index (χ3n) is 6.24. The van der Waals surface area contributed by atoms with E-state index in [4.69, 9.17) is 14.0 Å². The van der Waals surface area contributed by atoms with Crippen LogP contribution in [0, 0.1) is 13.8 Å². The molecular weight excluding hydrogens is 458 g/mol. The molecule has 36 heavy (non-hydrogen) atoms. The fourth-order valence-electron chi connectivity index (χ4n) is 4.53. The van der Waals surface area contributed by atoms with Gasteiger partial charge in [-0.15, -0.1) is 5.10 Å². The summed E-state index contributed by atoms with van der Waals surface area (Å²) < 4.78 is 18.8. The summed E-state index contributed by atoms with van der Waals surface area (Å²) in [6.45, 7) is 5.99. The van der Waals surface area contributed by atoms with Crippen molar-refractivity contribution in [2.45, 2.75) is 26.8 Å². The van der Waals surface area contributed by atoms with Gasteiger partial charge in [-0.2, -0.15) is 0 Å². The highest BCUT2D eigenvalue weighted by molar-refractivity contribution is 5.91. The monoisotopic (exact) mass is 487 g/mol. The van der Waals surface area contributed by atoms with E-state index in [2.05, 4.69) is 33.7 Å². The van der Waals surface area contributed by atoms with Crippen LogP contribution in [-0.4, -0.2) is 57.3 Å². The maximum Gasteiger partial charge on any atom is 0.276 e. The van der Waals surface area contributed by atoms with Gasteiger partial charge in [-0.3, -0.25) is 9.48 Å². The van der Waals surface area contributed by atoms with Gasteiger partial charge in [0, 0.05) is 32.1 Å². The highest BCUT2D eigenvalue weighted by Gasteiger charge is 2.20. The topological polar surface area (TPSA) is 95.5 Å². The van der Waals surface area contributed by atoms with Gasteiger partial charge in [0.2, 0.25) is 0 Å². The number of hydrogen-bond donors (Lipinski definition) is 0. The van der Waals surface area contributed by atoms with Crippen LogP contribution in [0.25, 0.3) is 11.1 Å². The van der Waals surface area contributed by atoms with E-state index in [0.717, 1.165) is 45.0 Å². The smallest absolute Gasteiger partial charge is 0.276 e. The SMILES string of the molecule is Cc1noc(C)c1-c1ccc2c(c1)Cc1cccc(c1)CN(C(=O)c1cn(C)nn1)CCOCCO2. The zero-order valence-electron chi connectivity index (χ0n) is 20.7. The van der Waals surface area contributed by atoms with E-state index in [0.29, 0.717) is 45.0 Å². The number of aromatic nitrogens is 4. The number of ether oxygens (including phenoxy) is 2. The van der Waals surface area contributed by atoms with Gasteiger partial charge in [0.25, 0.3) is 5.91 Å². The summed E-state index contributed by atoms with van der Waals surface area (Å²) >= 11 is 0. The predicted octanol–water partition coefficient (Wildman–Crippen LogP) is 3.73. The van der Waals surface area contributed by atoms with Crippen LogP contribution in [-0.2, 0) is 24.8 Å². The summed E-state index contributed by atoms with van der Waals surface area (Å²) in [5.74, 6) is 1.45. The molecule has 0 atom stereocenters. The van der Waals surface area contributed by atoms with Crippen molar-refractivity contribution in [3.63, 3.8) is 0 Å². The van der Waals surface area contributed by atoms with Crippen LogP contribution in [0.2, 0.25) is 0 Å². The largest absolute Gasteiger partial charge is 0.491 e. The maximum absolute atomic E-state index is 13.1.